The maximum atomic E-state index is 12.0. The molecule has 0 saturated carbocycles. The molecule has 0 saturated heterocycles. The van der Waals surface area contributed by atoms with Crippen molar-refractivity contribution in [3.8, 4) is 0 Å². The molecule has 1 N–H and O–H groups in total. The van der Waals surface area contributed by atoms with E-state index in [0.29, 0.717) is 5.56 Å². The van der Waals surface area contributed by atoms with Crippen LogP contribution in [-0.4, -0.2) is 20.0 Å². The van der Waals surface area contributed by atoms with Gasteiger partial charge in [0.1, 0.15) is 0 Å². The van der Waals surface area contributed by atoms with Crippen LogP contribution >= 0.6 is 0 Å². The number of halogens is 2. The highest BCUT2D eigenvalue weighted by Crippen LogP contribution is 2.14. The van der Waals surface area contributed by atoms with E-state index < -0.39 is 15.8 Å². The zero-order valence-corrected chi connectivity index (χ0v) is 9.09. The van der Waals surface area contributed by atoms with Crippen LogP contribution in [0.5, 0.6) is 0 Å². The highest BCUT2D eigenvalue weighted by atomic mass is 32.2. The number of Topliss-reactive ketones (excluding diaryl/α,β-unsaturated/α-hetero) is 1. The first-order chi connectivity index (χ1) is 7.33. The molecule has 0 spiro atoms. The van der Waals surface area contributed by atoms with Crippen molar-refractivity contribution in [3.05, 3.63) is 29.8 Å². The number of nitrogens with one attached hydrogen (secondary N) is 1. The fourth-order valence-electron chi connectivity index (χ4n) is 0.982. The van der Waals surface area contributed by atoms with E-state index in [1.165, 1.54) is 31.2 Å². The van der Waals surface area contributed by atoms with Crippen LogP contribution in [0, 0.1) is 0 Å². The Morgan fingerprint density at radius 3 is 2.12 bits per heavy atom. The smallest absolute Gasteiger partial charge is 0.295 e. The van der Waals surface area contributed by atoms with Gasteiger partial charge in [-0.15, -0.1) is 0 Å². The fraction of sp³-hybridized carbons (Fsp3) is 0.222. The molecule has 0 radical (unpaired) electrons. The van der Waals surface area contributed by atoms with Crippen LogP contribution in [0.3, 0.4) is 0 Å². The third kappa shape index (κ3) is 2.99. The maximum absolute atomic E-state index is 12.0. The maximum Gasteiger partial charge on any atom is 0.355 e. The molecule has 0 amide bonds. The molecule has 0 atom stereocenters. The summed E-state index contributed by atoms with van der Waals surface area (Å²) < 4.78 is 47.3. The second kappa shape index (κ2) is 4.56. The number of hydrogen-bond donors (Lipinski definition) is 1. The predicted octanol–water partition coefficient (Wildman–Crippen LogP) is 1.85. The van der Waals surface area contributed by atoms with Crippen LogP contribution in [0.4, 0.5) is 14.5 Å². The first kappa shape index (κ1) is 12.6. The zero-order chi connectivity index (χ0) is 12.3. The average Bonchev–Trinajstić information content (AvgIpc) is 2.17. The van der Waals surface area contributed by atoms with Crippen molar-refractivity contribution in [2.24, 2.45) is 0 Å². The van der Waals surface area contributed by atoms with Gasteiger partial charge < -0.3 is 0 Å². The molecule has 0 heterocycles. The molecule has 0 aromatic heterocycles. The molecule has 0 aliphatic rings. The lowest BCUT2D eigenvalue weighted by Gasteiger charge is -2.06. The van der Waals surface area contributed by atoms with Crippen LogP contribution in [0.2, 0.25) is 0 Å². The summed E-state index contributed by atoms with van der Waals surface area (Å²) in [5.41, 5.74) is 0.366. The molecule has 16 heavy (non-hydrogen) atoms. The minimum atomic E-state index is -4.65. The highest BCUT2D eigenvalue weighted by molar-refractivity contribution is 7.93. The number of sulfonamides is 1. The Kier molecular flexibility index (Phi) is 3.58. The topological polar surface area (TPSA) is 63.2 Å². The first-order valence-corrected chi connectivity index (χ1v) is 5.78. The number of rotatable bonds is 4. The number of carbonyl (C=O) groups is 1. The second-order valence-corrected chi connectivity index (χ2v) is 4.69. The number of alkyl halides is 2. The van der Waals surface area contributed by atoms with Gasteiger partial charge in [-0.2, -0.15) is 8.78 Å². The molecule has 0 aliphatic heterocycles. The highest BCUT2D eigenvalue weighted by Gasteiger charge is 2.23. The van der Waals surface area contributed by atoms with E-state index in [1.54, 1.807) is 4.72 Å². The van der Waals surface area contributed by atoms with Gasteiger partial charge in [-0.1, -0.05) is 0 Å². The van der Waals surface area contributed by atoms with Gasteiger partial charge >= 0.3 is 5.76 Å². The lowest BCUT2D eigenvalue weighted by atomic mass is 10.1. The summed E-state index contributed by atoms with van der Waals surface area (Å²) in [6.45, 7) is 1.35. The summed E-state index contributed by atoms with van der Waals surface area (Å²) in [4.78, 5) is 10.9. The molecule has 1 rings (SSSR count). The third-order valence-electron chi connectivity index (χ3n) is 1.79. The van der Waals surface area contributed by atoms with Gasteiger partial charge in [0, 0.05) is 11.3 Å². The van der Waals surface area contributed by atoms with Gasteiger partial charge in [-0.05, 0) is 31.2 Å². The Labute approximate surface area is 91.3 Å². The van der Waals surface area contributed by atoms with Gasteiger partial charge in [-0.3, -0.25) is 9.52 Å². The molecule has 0 aliphatic carbocycles. The van der Waals surface area contributed by atoms with Crippen LogP contribution < -0.4 is 4.72 Å². The quantitative estimate of drug-likeness (QED) is 0.828. The number of ketones is 1. The van der Waals surface area contributed by atoms with E-state index in [2.05, 4.69) is 0 Å². The van der Waals surface area contributed by atoms with Crippen molar-refractivity contribution in [3.63, 3.8) is 0 Å². The van der Waals surface area contributed by atoms with Gasteiger partial charge in [-0.25, -0.2) is 8.42 Å². The number of anilines is 1. The zero-order valence-electron chi connectivity index (χ0n) is 8.28. The largest absolute Gasteiger partial charge is 0.355 e. The first-order valence-electron chi connectivity index (χ1n) is 4.24. The van der Waals surface area contributed by atoms with Crippen molar-refractivity contribution in [2.45, 2.75) is 12.7 Å². The summed E-state index contributed by atoms with van der Waals surface area (Å²) in [6.07, 6.45) is 0. The summed E-state index contributed by atoms with van der Waals surface area (Å²) in [5.74, 6) is -3.68. The Morgan fingerprint density at radius 1 is 1.25 bits per heavy atom. The number of hydrogen-bond acceptors (Lipinski definition) is 3. The van der Waals surface area contributed by atoms with E-state index in [9.17, 15) is 22.0 Å². The molecular formula is C9H9F2NO3S. The van der Waals surface area contributed by atoms with Gasteiger partial charge in [0.05, 0.1) is 0 Å². The molecule has 0 unspecified atom stereocenters. The van der Waals surface area contributed by atoms with Crippen molar-refractivity contribution < 1.29 is 22.0 Å². The van der Waals surface area contributed by atoms with Crippen LogP contribution in [0.1, 0.15) is 17.3 Å². The van der Waals surface area contributed by atoms with Gasteiger partial charge in [0.15, 0.2) is 5.78 Å². The molecule has 4 nitrogen and oxygen atoms in total. The molecule has 1 aromatic rings. The van der Waals surface area contributed by atoms with Gasteiger partial charge in [0.2, 0.25) is 0 Å². The van der Waals surface area contributed by atoms with Crippen LogP contribution in [0.15, 0.2) is 24.3 Å². The molecule has 7 heteroatoms. The molecule has 0 fully saturated rings. The van der Waals surface area contributed by atoms with E-state index in [1.807, 2.05) is 0 Å². The molecule has 1 aromatic carbocycles. The standard InChI is InChI=1S/C9H9F2NO3S/c1-6(13)7-2-4-8(5-3-7)12-16(14,15)9(10)11/h2-5,9,12H,1H3. The normalized spacial score (nSPS) is 11.5. The van der Waals surface area contributed by atoms with Crippen LogP contribution in [-0.2, 0) is 10.0 Å². The van der Waals surface area contributed by atoms with Crippen molar-refractivity contribution in [1.82, 2.24) is 0 Å². The second-order valence-electron chi connectivity index (χ2n) is 3.04. The van der Waals surface area contributed by atoms with E-state index in [-0.39, 0.29) is 11.5 Å². The summed E-state index contributed by atoms with van der Waals surface area (Å²) in [7, 11) is -4.65. The average molecular weight is 249 g/mol. The third-order valence-corrected chi connectivity index (χ3v) is 2.78. The van der Waals surface area contributed by atoms with Crippen LogP contribution in [0.25, 0.3) is 0 Å². The Bertz CT molecular complexity index is 482. The van der Waals surface area contributed by atoms with Crippen molar-refractivity contribution in [2.75, 3.05) is 4.72 Å². The van der Waals surface area contributed by atoms with Gasteiger partial charge in [0.25, 0.3) is 10.0 Å². The Hall–Kier alpha value is -1.50. The Balaban J connectivity index is 2.89. The van der Waals surface area contributed by atoms with Crippen molar-refractivity contribution >= 4 is 21.5 Å². The van der Waals surface area contributed by atoms with E-state index >= 15 is 0 Å². The summed E-state index contributed by atoms with van der Waals surface area (Å²) in [5, 5.41) is 0. The Morgan fingerprint density at radius 2 is 1.75 bits per heavy atom. The van der Waals surface area contributed by atoms with E-state index in [0.717, 1.165) is 0 Å². The molecule has 0 bridgehead atoms. The SMILES string of the molecule is CC(=O)c1ccc(NS(=O)(=O)C(F)F)cc1. The minimum absolute atomic E-state index is 0.00898. The summed E-state index contributed by atoms with van der Waals surface area (Å²) >= 11 is 0. The fourth-order valence-corrected chi connectivity index (χ4v) is 1.54. The molecular weight excluding hydrogens is 240 g/mol. The molecule has 88 valence electrons. The number of carbonyl (C=O) groups excluding carboxylic acids is 1. The number of benzene rings is 1. The van der Waals surface area contributed by atoms with Crippen molar-refractivity contribution in [1.29, 1.82) is 0 Å². The summed E-state index contributed by atoms with van der Waals surface area (Å²) in [6, 6.07) is 5.20. The minimum Gasteiger partial charge on any atom is -0.295 e. The predicted molar refractivity (Wildman–Crippen MR) is 55.0 cm³/mol. The lowest BCUT2D eigenvalue weighted by Crippen LogP contribution is -2.20. The lowest BCUT2D eigenvalue weighted by molar-refractivity contribution is 0.101. The monoisotopic (exact) mass is 249 g/mol. The van der Waals surface area contributed by atoms with E-state index in [4.69, 9.17) is 0 Å².